The van der Waals surface area contributed by atoms with Gasteiger partial charge in [0.25, 0.3) is 0 Å². The maximum atomic E-state index is 13.7. The first-order valence-electron chi connectivity index (χ1n) is 11.7. The molecule has 2 aliphatic heterocycles. The molecular formula is C27H33NO5. The number of Topliss-reactive ketones (excluding diaryl/α,β-unsaturated/α-hetero) is 1. The summed E-state index contributed by atoms with van der Waals surface area (Å²) in [6.07, 6.45) is 0.634. The third-order valence-corrected chi connectivity index (χ3v) is 6.46. The number of hydrogen-bond donors (Lipinski definition) is 0. The Balaban J connectivity index is 1.51. The van der Waals surface area contributed by atoms with Gasteiger partial charge in [0.1, 0.15) is 23.9 Å². The van der Waals surface area contributed by atoms with Crippen molar-refractivity contribution in [3.8, 4) is 5.75 Å². The molecule has 2 heterocycles. The molecule has 1 atom stereocenters. The molecule has 0 aromatic heterocycles. The number of ether oxygens (including phenoxy) is 4. The fourth-order valence-corrected chi connectivity index (χ4v) is 4.77. The van der Waals surface area contributed by atoms with Crippen LogP contribution in [0, 0.1) is 5.92 Å². The van der Waals surface area contributed by atoms with Gasteiger partial charge in [0, 0.05) is 39.1 Å². The summed E-state index contributed by atoms with van der Waals surface area (Å²) in [6.45, 7) is 10.7. The van der Waals surface area contributed by atoms with Crippen LogP contribution in [0.4, 0.5) is 0 Å². The summed E-state index contributed by atoms with van der Waals surface area (Å²) in [4.78, 5) is 15.8. The van der Waals surface area contributed by atoms with E-state index in [1.165, 1.54) is 0 Å². The number of carbonyl (C=O) groups is 1. The standard InChI is InChI=1S/C27H33NO5/c1-4-30-26(31-5-2)24-25(29)22-13-9-10-14-23(22)33-27(24)15-17-28(18-16-27)20(3)32-19-21-11-7-6-8-12-21/h6-14,24,26H,3-5,15-19H2,1-2H3. The highest BCUT2D eigenvalue weighted by Gasteiger charge is 2.55. The van der Waals surface area contributed by atoms with Gasteiger partial charge in [-0.15, -0.1) is 0 Å². The largest absolute Gasteiger partial charge is 0.485 e. The maximum Gasteiger partial charge on any atom is 0.182 e. The molecule has 0 radical (unpaired) electrons. The van der Waals surface area contributed by atoms with Crippen molar-refractivity contribution in [3.63, 3.8) is 0 Å². The minimum absolute atomic E-state index is 0.0244. The number of benzene rings is 2. The van der Waals surface area contributed by atoms with E-state index in [1.807, 2.05) is 68.4 Å². The SMILES string of the molecule is C=C(OCc1ccccc1)N1CCC2(CC1)Oc1ccccc1C(=O)C2C(OCC)OCC. The molecule has 176 valence electrons. The Bertz CT molecular complexity index is 946. The molecular weight excluding hydrogens is 418 g/mol. The van der Waals surface area contributed by atoms with E-state index >= 15 is 0 Å². The minimum Gasteiger partial charge on any atom is -0.485 e. The Hall–Kier alpha value is -2.83. The van der Waals surface area contributed by atoms with Crippen LogP contribution in [0.2, 0.25) is 0 Å². The van der Waals surface area contributed by atoms with E-state index in [0.717, 1.165) is 5.56 Å². The third kappa shape index (κ3) is 4.92. The average molecular weight is 452 g/mol. The van der Waals surface area contributed by atoms with Gasteiger partial charge in [-0.05, 0) is 38.1 Å². The van der Waals surface area contributed by atoms with Crippen LogP contribution in [0.1, 0.15) is 42.6 Å². The van der Waals surface area contributed by atoms with Crippen LogP contribution in [0.15, 0.2) is 67.1 Å². The van der Waals surface area contributed by atoms with E-state index in [2.05, 4.69) is 11.5 Å². The van der Waals surface area contributed by atoms with Crippen LogP contribution >= 0.6 is 0 Å². The molecule has 1 spiro atoms. The fraction of sp³-hybridized carbons (Fsp3) is 0.444. The molecule has 0 amide bonds. The highest BCUT2D eigenvalue weighted by Crippen LogP contribution is 2.45. The van der Waals surface area contributed by atoms with Crippen molar-refractivity contribution in [1.29, 1.82) is 0 Å². The van der Waals surface area contributed by atoms with E-state index in [0.29, 0.717) is 62.9 Å². The molecule has 1 saturated heterocycles. The zero-order valence-electron chi connectivity index (χ0n) is 19.5. The van der Waals surface area contributed by atoms with Crippen molar-refractivity contribution >= 4 is 5.78 Å². The number of para-hydroxylation sites is 1. The Labute approximate surface area is 196 Å². The lowest BCUT2D eigenvalue weighted by molar-refractivity contribution is -0.199. The second kappa shape index (κ2) is 10.4. The van der Waals surface area contributed by atoms with Crippen molar-refractivity contribution in [3.05, 3.63) is 78.2 Å². The summed E-state index contributed by atoms with van der Waals surface area (Å²) in [6, 6.07) is 17.5. The summed E-state index contributed by atoms with van der Waals surface area (Å²) >= 11 is 0. The highest BCUT2D eigenvalue weighted by atomic mass is 16.7. The molecule has 6 heteroatoms. The summed E-state index contributed by atoms with van der Waals surface area (Å²) in [5.74, 6) is 0.765. The number of rotatable bonds is 9. The topological polar surface area (TPSA) is 57.2 Å². The Morgan fingerprint density at radius 1 is 1.06 bits per heavy atom. The quantitative estimate of drug-likeness (QED) is 0.403. The summed E-state index contributed by atoms with van der Waals surface area (Å²) in [7, 11) is 0. The normalized spacial score (nSPS) is 19.3. The number of likely N-dealkylation sites (tertiary alicyclic amines) is 1. The Morgan fingerprint density at radius 3 is 2.36 bits per heavy atom. The van der Waals surface area contributed by atoms with Crippen molar-refractivity contribution in [1.82, 2.24) is 4.90 Å². The van der Waals surface area contributed by atoms with Gasteiger partial charge in [0.2, 0.25) is 0 Å². The molecule has 0 bridgehead atoms. The molecule has 2 aliphatic rings. The molecule has 0 N–H and O–H groups in total. The molecule has 0 saturated carbocycles. The number of fused-ring (bicyclic) bond motifs is 1. The first-order chi connectivity index (χ1) is 16.1. The van der Waals surface area contributed by atoms with Gasteiger partial charge < -0.3 is 23.8 Å². The molecule has 0 aliphatic carbocycles. The molecule has 33 heavy (non-hydrogen) atoms. The number of hydrogen-bond acceptors (Lipinski definition) is 6. The smallest absolute Gasteiger partial charge is 0.182 e. The van der Waals surface area contributed by atoms with Crippen molar-refractivity contribution in [2.45, 2.75) is 45.2 Å². The van der Waals surface area contributed by atoms with Crippen LogP contribution in [0.3, 0.4) is 0 Å². The summed E-state index contributed by atoms with van der Waals surface area (Å²) < 4.78 is 24.4. The monoisotopic (exact) mass is 451 g/mol. The Kier molecular flexibility index (Phi) is 7.36. The van der Waals surface area contributed by atoms with E-state index in [9.17, 15) is 4.79 Å². The minimum atomic E-state index is -0.698. The zero-order chi connectivity index (χ0) is 23.3. The highest BCUT2D eigenvalue weighted by molar-refractivity contribution is 6.02. The molecule has 6 nitrogen and oxygen atoms in total. The predicted molar refractivity (Wildman–Crippen MR) is 126 cm³/mol. The van der Waals surface area contributed by atoms with Crippen molar-refractivity contribution in [2.24, 2.45) is 5.92 Å². The van der Waals surface area contributed by atoms with E-state index in [-0.39, 0.29) is 5.78 Å². The summed E-state index contributed by atoms with van der Waals surface area (Å²) in [5.41, 5.74) is 0.994. The second-order valence-corrected chi connectivity index (χ2v) is 8.44. The molecule has 2 aromatic rings. The van der Waals surface area contributed by atoms with Gasteiger partial charge in [0.15, 0.2) is 18.0 Å². The van der Waals surface area contributed by atoms with Crippen LogP contribution in [0.25, 0.3) is 0 Å². The number of ketones is 1. The maximum absolute atomic E-state index is 13.7. The van der Waals surface area contributed by atoms with Gasteiger partial charge in [0.05, 0.1) is 5.56 Å². The van der Waals surface area contributed by atoms with Crippen molar-refractivity contribution in [2.75, 3.05) is 26.3 Å². The third-order valence-electron chi connectivity index (χ3n) is 6.46. The molecule has 4 rings (SSSR count). The lowest BCUT2D eigenvalue weighted by atomic mass is 9.73. The fourth-order valence-electron chi connectivity index (χ4n) is 4.77. The average Bonchev–Trinajstić information content (AvgIpc) is 2.84. The van der Waals surface area contributed by atoms with Crippen LogP contribution < -0.4 is 4.74 Å². The summed E-state index contributed by atoms with van der Waals surface area (Å²) in [5, 5.41) is 0. The van der Waals surface area contributed by atoms with Gasteiger partial charge in [-0.2, -0.15) is 0 Å². The van der Waals surface area contributed by atoms with Gasteiger partial charge in [-0.1, -0.05) is 42.5 Å². The zero-order valence-corrected chi connectivity index (χ0v) is 19.5. The van der Waals surface area contributed by atoms with Crippen LogP contribution in [0.5, 0.6) is 5.75 Å². The number of nitrogens with zero attached hydrogens (tertiary/aromatic N) is 1. The van der Waals surface area contributed by atoms with Crippen molar-refractivity contribution < 1.29 is 23.7 Å². The van der Waals surface area contributed by atoms with E-state index < -0.39 is 17.8 Å². The lowest BCUT2D eigenvalue weighted by Gasteiger charge is -2.50. The lowest BCUT2D eigenvalue weighted by Crippen LogP contribution is -2.60. The van der Waals surface area contributed by atoms with Gasteiger partial charge in [-0.3, -0.25) is 4.79 Å². The first kappa shape index (κ1) is 23.3. The van der Waals surface area contributed by atoms with E-state index in [4.69, 9.17) is 18.9 Å². The molecule has 1 unspecified atom stereocenters. The Morgan fingerprint density at radius 2 is 1.70 bits per heavy atom. The van der Waals surface area contributed by atoms with Gasteiger partial charge in [-0.25, -0.2) is 0 Å². The van der Waals surface area contributed by atoms with Gasteiger partial charge >= 0.3 is 0 Å². The molecule has 1 fully saturated rings. The number of piperidine rings is 1. The predicted octanol–water partition coefficient (Wildman–Crippen LogP) is 4.80. The van der Waals surface area contributed by atoms with Crippen LogP contribution in [-0.2, 0) is 20.8 Å². The second-order valence-electron chi connectivity index (χ2n) is 8.44. The number of carbonyl (C=O) groups excluding carboxylic acids is 1. The van der Waals surface area contributed by atoms with E-state index in [1.54, 1.807) is 0 Å². The van der Waals surface area contributed by atoms with Crippen LogP contribution in [-0.4, -0.2) is 48.9 Å². The molecule has 2 aromatic carbocycles. The first-order valence-corrected chi connectivity index (χ1v) is 11.7.